The molecule has 1 aliphatic heterocycles. The standard InChI is InChI=1S/C14H19NO2/c1-10(11-5-3-2-4-6-11)14-8-7-12(9-14)13(16)15(14)17/h2-6,10,12-13,16-17H,7-9H2,1H3/t10?,12?,13-,14?/m0/s1. The van der Waals surface area contributed by atoms with Gasteiger partial charge in [0.1, 0.15) is 6.23 Å². The third-order valence-corrected chi connectivity index (χ3v) is 4.80. The van der Waals surface area contributed by atoms with Crippen LogP contribution >= 0.6 is 0 Å². The van der Waals surface area contributed by atoms with Crippen molar-refractivity contribution in [1.29, 1.82) is 0 Å². The lowest BCUT2D eigenvalue weighted by molar-refractivity contribution is -0.250. The highest BCUT2D eigenvalue weighted by Crippen LogP contribution is 2.54. The maximum atomic E-state index is 10.2. The average Bonchev–Trinajstić information content (AvgIpc) is 2.91. The van der Waals surface area contributed by atoms with E-state index >= 15 is 0 Å². The van der Waals surface area contributed by atoms with Gasteiger partial charge >= 0.3 is 0 Å². The number of fused-ring (bicyclic) bond motifs is 2. The Bertz CT molecular complexity index is 408. The van der Waals surface area contributed by atoms with Crippen molar-refractivity contribution in [3.05, 3.63) is 35.9 Å². The van der Waals surface area contributed by atoms with Crippen LogP contribution in [0.2, 0.25) is 0 Å². The Balaban J connectivity index is 1.94. The second-order valence-electron chi connectivity index (χ2n) is 5.50. The lowest BCUT2D eigenvalue weighted by Crippen LogP contribution is -2.50. The first-order valence-electron chi connectivity index (χ1n) is 6.36. The lowest BCUT2D eigenvalue weighted by atomic mass is 9.79. The fourth-order valence-corrected chi connectivity index (χ4v) is 3.66. The molecule has 2 bridgehead atoms. The highest BCUT2D eigenvalue weighted by atomic mass is 16.5. The van der Waals surface area contributed by atoms with Gasteiger partial charge < -0.3 is 10.3 Å². The van der Waals surface area contributed by atoms with Gasteiger partial charge in [0, 0.05) is 11.8 Å². The number of hydrogen-bond donors (Lipinski definition) is 2. The molecule has 3 unspecified atom stereocenters. The Morgan fingerprint density at radius 2 is 2.06 bits per heavy atom. The van der Waals surface area contributed by atoms with Gasteiger partial charge in [0.05, 0.1) is 5.54 Å². The number of benzene rings is 1. The molecule has 0 radical (unpaired) electrons. The zero-order valence-electron chi connectivity index (χ0n) is 10.1. The molecule has 1 aromatic carbocycles. The summed E-state index contributed by atoms with van der Waals surface area (Å²) in [6.07, 6.45) is 2.23. The van der Waals surface area contributed by atoms with Gasteiger partial charge in [0.2, 0.25) is 0 Å². The first-order chi connectivity index (χ1) is 8.15. The van der Waals surface area contributed by atoms with E-state index in [1.807, 2.05) is 18.2 Å². The first-order valence-corrected chi connectivity index (χ1v) is 6.36. The number of aliphatic hydroxyl groups is 1. The smallest absolute Gasteiger partial charge is 0.133 e. The molecule has 92 valence electrons. The predicted octanol–water partition coefficient (Wildman–Crippen LogP) is 2.35. The highest BCUT2D eigenvalue weighted by molar-refractivity contribution is 5.25. The second kappa shape index (κ2) is 3.80. The van der Waals surface area contributed by atoms with Crippen LogP contribution < -0.4 is 0 Å². The average molecular weight is 233 g/mol. The summed E-state index contributed by atoms with van der Waals surface area (Å²) in [7, 11) is 0. The molecular weight excluding hydrogens is 214 g/mol. The van der Waals surface area contributed by atoms with Gasteiger partial charge in [-0.1, -0.05) is 37.3 Å². The molecule has 1 saturated carbocycles. The molecule has 2 aliphatic rings. The van der Waals surface area contributed by atoms with Gasteiger partial charge in [-0.3, -0.25) is 0 Å². The van der Waals surface area contributed by atoms with E-state index in [-0.39, 0.29) is 17.4 Å². The highest BCUT2D eigenvalue weighted by Gasteiger charge is 2.58. The minimum absolute atomic E-state index is 0.242. The fourth-order valence-electron chi connectivity index (χ4n) is 3.66. The van der Waals surface area contributed by atoms with Crippen LogP contribution in [0, 0.1) is 5.92 Å². The van der Waals surface area contributed by atoms with Gasteiger partial charge in [-0.15, -0.1) is 0 Å². The normalized spacial score (nSPS) is 38.5. The number of hydrogen-bond acceptors (Lipinski definition) is 3. The number of rotatable bonds is 2. The monoisotopic (exact) mass is 233 g/mol. The van der Waals surface area contributed by atoms with Crippen LogP contribution in [-0.2, 0) is 0 Å². The Morgan fingerprint density at radius 3 is 2.65 bits per heavy atom. The number of aliphatic hydroxyl groups excluding tert-OH is 1. The summed E-state index contributed by atoms with van der Waals surface area (Å²) in [5, 5.41) is 21.3. The minimum Gasteiger partial charge on any atom is -0.376 e. The summed E-state index contributed by atoms with van der Waals surface area (Å²) in [6, 6.07) is 10.3. The molecule has 3 heteroatoms. The molecule has 4 atom stereocenters. The molecule has 1 saturated heterocycles. The Morgan fingerprint density at radius 1 is 1.35 bits per heavy atom. The minimum atomic E-state index is -0.671. The summed E-state index contributed by atoms with van der Waals surface area (Å²) in [4.78, 5) is 0. The summed E-state index contributed by atoms with van der Waals surface area (Å²) in [5.41, 5.74) is 0.979. The van der Waals surface area contributed by atoms with Crippen molar-refractivity contribution in [3.8, 4) is 0 Å². The number of hydroxylamine groups is 2. The fraction of sp³-hybridized carbons (Fsp3) is 0.571. The molecule has 2 fully saturated rings. The molecule has 17 heavy (non-hydrogen) atoms. The van der Waals surface area contributed by atoms with Gasteiger partial charge in [-0.25, -0.2) is 0 Å². The maximum absolute atomic E-state index is 10.2. The van der Waals surface area contributed by atoms with Gasteiger partial charge in [0.25, 0.3) is 0 Å². The van der Waals surface area contributed by atoms with Crippen LogP contribution in [0.5, 0.6) is 0 Å². The SMILES string of the molecule is CC(c1ccccc1)C12CCC(C1)[C@H](O)N2O. The number of nitrogens with zero attached hydrogens (tertiary/aromatic N) is 1. The summed E-state index contributed by atoms with van der Waals surface area (Å²) < 4.78 is 0. The van der Waals surface area contributed by atoms with E-state index in [0.29, 0.717) is 0 Å². The van der Waals surface area contributed by atoms with E-state index in [9.17, 15) is 10.3 Å². The van der Waals surface area contributed by atoms with Crippen LogP contribution in [0.3, 0.4) is 0 Å². The zero-order valence-corrected chi connectivity index (χ0v) is 10.1. The molecule has 0 amide bonds. The van der Waals surface area contributed by atoms with Gasteiger partial charge in [0.15, 0.2) is 0 Å². The number of piperidine rings is 1. The molecule has 3 nitrogen and oxygen atoms in total. The van der Waals surface area contributed by atoms with Crippen molar-refractivity contribution in [2.75, 3.05) is 0 Å². The van der Waals surface area contributed by atoms with E-state index in [1.54, 1.807) is 0 Å². The van der Waals surface area contributed by atoms with Crippen molar-refractivity contribution in [2.24, 2.45) is 5.92 Å². The van der Waals surface area contributed by atoms with Crippen molar-refractivity contribution >= 4 is 0 Å². The van der Waals surface area contributed by atoms with E-state index in [1.165, 1.54) is 10.6 Å². The topological polar surface area (TPSA) is 43.7 Å². The van der Waals surface area contributed by atoms with Crippen molar-refractivity contribution in [2.45, 2.75) is 43.9 Å². The molecule has 1 aliphatic carbocycles. The quantitative estimate of drug-likeness (QED) is 0.824. The van der Waals surface area contributed by atoms with Crippen molar-refractivity contribution in [1.82, 2.24) is 5.06 Å². The molecule has 0 spiro atoms. The largest absolute Gasteiger partial charge is 0.376 e. The Labute approximate surface area is 102 Å². The van der Waals surface area contributed by atoms with E-state index < -0.39 is 6.23 Å². The van der Waals surface area contributed by atoms with Crippen molar-refractivity contribution in [3.63, 3.8) is 0 Å². The Hall–Kier alpha value is -0.900. The van der Waals surface area contributed by atoms with E-state index in [0.717, 1.165) is 19.3 Å². The first kappa shape index (κ1) is 11.2. The Kier molecular flexibility index (Phi) is 2.51. The molecule has 1 heterocycles. The predicted molar refractivity (Wildman–Crippen MR) is 64.6 cm³/mol. The molecule has 3 rings (SSSR count). The summed E-state index contributed by atoms with van der Waals surface area (Å²) >= 11 is 0. The van der Waals surface area contributed by atoms with E-state index in [4.69, 9.17) is 0 Å². The lowest BCUT2D eigenvalue weighted by Gasteiger charge is -2.41. The van der Waals surface area contributed by atoms with Crippen molar-refractivity contribution < 1.29 is 10.3 Å². The zero-order chi connectivity index (χ0) is 12.0. The third kappa shape index (κ3) is 1.46. The molecule has 0 aromatic heterocycles. The van der Waals surface area contributed by atoms with Gasteiger partial charge in [-0.05, 0) is 24.8 Å². The molecule has 1 aromatic rings. The van der Waals surface area contributed by atoms with Gasteiger partial charge in [-0.2, -0.15) is 5.06 Å². The summed E-state index contributed by atoms with van der Waals surface area (Å²) in [5.74, 6) is 0.488. The van der Waals surface area contributed by atoms with Crippen LogP contribution in [-0.4, -0.2) is 27.1 Å². The van der Waals surface area contributed by atoms with E-state index in [2.05, 4.69) is 19.1 Å². The molecule has 2 N–H and O–H groups in total. The van der Waals surface area contributed by atoms with Crippen LogP contribution in [0.15, 0.2) is 30.3 Å². The van der Waals surface area contributed by atoms with Crippen LogP contribution in [0.1, 0.15) is 37.7 Å². The second-order valence-corrected chi connectivity index (χ2v) is 5.50. The molecular formula is C14H19NO2. The summed E-state index contributed by atoms with van der Waals surface area (Å²) in [6.45, 7) is 2.15. The van der Waals surface area contributed by atoms with Crippen LogP contribution in [0.25, 0.3) is 0 Å². The van der Waals surface area contributed by atoms with Crippen LogP contribution in [0.4, 0.5) is 0 Å². The third-order valence-electron chi connectivity index (χ3n) is 4.80. The maximum Gasteiger partial charge on any atom is 0.133 e.